The van der Waals surface area contributed by atoms with E-state index in [0.29, 0.717) is 17.9 Å². The Bertz CT molecular complexity index is 1410. The molecule has 3 aromatic rings. The molecule has 6 heteroatoms. The first-order valence-electron chi connectivity index (χ1n) is 13.6. The second kappa shape index (κ2) is 10.1. The van der Waals surface area contributed by atoms with Crippen molar-refractivity contribution in [2.75, 3.05) is 6.54 Å². The smallest absolute Gasteiger partial charge is 0.323 e. The summed E-state index contributed by atoms with van der Waals surface area (Å²) in [4.78, 5) is 26.6. The van der Waals surface area contributed by atoms with Crippen molar-refractivity contribution in [1.29, 1.82) is 0 Å². The molecule has 6 nitrogen and oxygen atoms in total. The lowest BCUT2D eigenvalue weighted by Crippen LogP contribution is -2.35. The SMILES string of the molecule is CC(C)c1ccc(CC2(C)Cc3cc(C(=O)N(CC(=O)O)Cc4ccc5c(c4)CC(C)(C)O5)ccc3O2)cc1. The molecule has 204 valence electrons. The molecule has 1 amide bonds. The third kappa shape index (κ3) is 5.95. The van der Waals surface area contributed by atoms with Gasteiger partial charge in [-0.2, -0.15) is 0 Å². The molecule has 0 radical (unpaired) electrons. The minimum Gasteiger partial charge on any atom is -0.487 e. The Kier molecular flexibility index (Phi) is 6.91. The summed E-state index contributed by atoms with van der Waals surface area (Å²) < 4.78 is 12.3. The van der Waals surface area contributed by atoms with Crippen molar-refractivity contribution in [3.05, 3.63) is 94.0 Å². The number of fused-ring (bicyclic) bond motifs is 2. The van der Waals surface area contributed by atoms with Crippen LogP contribution in [0, 0.1) is 0 Å². The number of amides is 1. The van der Waals surface area contributed by atoms with Crippen molar-refractivity contribution in [3.63, 3.8) is 0 Å². The van der Waals surface area contributed by atoms with Gasteiger partial charge < -0.3 is 19.5 Å². The third-order valence-corrected chi connectivity index (χ3v) is 7.57. The summed E-state index contributed by atoms with van der Waals surface area (Å²) in [6.07, 6.45) is 2.21. The molecule has 1 atom stereocenters. The van der Waals surface area contributed by atoms with Crippen LogP contribution in [-0.2, 0) is 30.6 Å². The van der Waals surface area contributed by atoms with Gasteiger partial charge in [-0.1, -0.05) is 50.2 Å². The van der Waals surface area contributed by atoms with Crippen LogP contribution in [0.2, 0.25) is 0 Å². The molecule has 0 aliphatic carbocycles. The topological polar surface area (TPSA) is 76.1 Å². The molecular weight excluding hydrogens is 490 g/mol. The van der Waals surface area contributed by atoms with E-state index in [2.05, 4.69) is 45.0 Å². The summed E-state index contributed by atoms with van der Waals surface area (Å²) in [6.45, 7) is 10.4. The highest BCUT2D eigenvalue weighted by Gasteiger charge is 2.36. The predicted octanol–water partition coefficient (Wildman–Crippen LogP) is 6.19. The molecule has 0 aromatic heterocycles. The van der Waals surface area contributed by atoms with Gasteiger partial charge in [-0.25, -0.2) is 0 Å². The van der Waals surface area contributed by atoms with E-state index in [1.54, 1.807) is 6.07 Å². The minimum absolute atomic E-state index is 0.205. The van der Waals surface area contributed by atoms with Crippen LogP contribution >= 0.6 is 0 Å². The van der Waals surface area contributed by atoms with E-state index in [0.717, 1.165) is 41.0 Å². The number of carbonyl (C=O) groups is 2. The number of hydrogen-bond donors (Lipinski definition) is 1. The van der Waals surface area contributed by atoms with Crippen LogP contribution in [-0.4, -0.2) is 39.6 Å². The second-order valence-electron chi connectivity index (χ2n) is 12.2. The van der Waals surface area contributed by atoms with E-state index in [-0.39, 0.29) is 24.6 Å². The second-order valence-corrected chi connectivity index (χ2v) is 12.2. The predicted molar refractivity (Wildman–Crippen MR) is 151 cm³/mol. The van der Waals surface area contributed by atoms with E-state index in [1.807, 2.05) is 44.2 Å². The van der Waals surface area contributed by atoms with Crippen molar-refractivity contribution in [2.24, 2.45) is 0 Å². The van der Waals surface area contributed by atoms with Crippen LogP contribution in [0.15, 0.2) is 60.7 Å². The zero-order valence-corrected chi connectivity index (χ0v) is 23.4. The number of aliphatic carboxylic acids is 1. The molecular formula is C33H37NO5. The Hall–Kier alpha value is -3.80. The summed E-state index contributed by atoms with van der Waals surface area (Å²) >= 11 is 0. The van der Waals surface area contributed by atoms with E-state index in [1.165, 1.54) is 16.0 Å². The van der Waals surface area contributed by atoms with Gasteiger partial charge >= 0.3 is 5.97 Å². The minimum atomic E-state index is -1.05. The van der Waals surface area contributed by atoms with E-state index < -0.39 is 11.6 Å². The molecule has 3 aromatic carbocycles. The maximum atomic E-state index is 13.6. The van der Waals surface area contributed by atoms with E-state index >= 15 is 0 Å². The van der Waals surface area contributed by atoms with Crippen molar-refractivity contribution in [1.82, 2.24) is 4.90 Å². The zero-order valence-electron chi connectivity index (χ0n) is 23.4. The van der Waals surface area contributed by atoms with Crippen LogP contribution in [0.1, 0.15) is 78.7 Å². The molecule has 0 spiro atoms. The molecule has 1 unspecified atom stereocenters. The molecule has 5 rings (SSSR count). The summed E-state index contributed by atoms with van der Waals surface area (Å²) in [6, 6.07) is 19.9. The molecule has 0 saturated heterocycles. The summed E-state index contributed by atoms with van der Waals surface area (Å²) in [5.74, 6) is 0.753. The van der Waals surface area contributed by atoms with Crippen LogP contribution in [0.3, 0.4) is 0 Å². The number of benzene rings is 3. The number of nitrogens with zero attached hydrogens (tertiary/aromatic N) is 1. The van der Waals surface area contributed by atoms with Crippen molar-refractivity contribution in [3.8, 4) is 11.5 Å². The fourth-order valence-electron chi connectivity index (χ4n) is 5.73. The lowest BCUT2D eigenvalue weighted by Gasteiger charge is -2.24. The molecule has 39 heavy (non-hydrogen) atoms. The highest BCUT2D eigenvalue weighted by atomic mass is 16.5. The number of rotatable bonds is 8. The number of carboxylic acids is 1. The monoisotopic (exact) mass is 527 g/mol. The fourth-order valence-corrected chi connectivity index (χ4v) is 5.73. The van der Waals surface area contributed by atoms with Gasteiger partial charge in [-0.05, 0) is 78.8 Å². The van der Waals surface area contributed by atoms with Gasteiger partial charge in [0.1, 0.15) is 29.2 Å². The zero-order chi connectivity index (χ0) is 27.9. The summed E-state index contributed by atoms with van der Waals surface area (Å²) in [5, 5.41) is 9.56. The molecule has 1 N–H and O–H groups in total. The largest absolute Gasteiger partial charge is 0.487 e. The van der Waals surface area contributed by atoms with Gasteiger partial charge in [0.25, 0.3) is 5.91 Å². The number of hydrogen-bond acceptors (Lipinski definition) is 4. The highest BCUT2D eigenvalue weighted by molar-refractivity contribution is 5.96. The lowest BCUT2D eigenvalue weighted by atomic mass is 9.90. The lowest BCUT2D eigenvalue weighted by molar-refractivity contribution is -0.137. The Morgan fingerprint density at radius 3 is 2.21 bits per heavy atom. The van der Waals surface area contributed by atoms with Gasteiger partial charge in [0.05, 0.1) is 0 Å². The summed E-state index contributed by atoms with van der Waals surface area (Å²) in [5.41, 5.74) is 5.23. The van der Waals surface area contributed by atoms with Crippen LogP contribution < -0.4 is 9.47 Å². The average Bonchev–Trinajstić information content (AvgIpc) is 3.35. The Morgan fingerprint density at radius 1 is 0.872 bits per heavy atom. The van der Waals surface area contributed by atoms with Crippen LogP contribution in [0.5, 0.6) is 11.5 Å². The number of ether oxygens (including phenoxy) is 2. The molecule has 2 aliphatic heterocycles. The third-order valence-electron chi connectivity index (χ3n) is 7.57. The van der Waals surface area contributed by atoms with Crippen molar-refractivity contribution in [2.45, 2.75) is 77.5 Å². The molecule has 2 aliphatic rings. The van der Waals surface area contributed by atoms with E-state index in [4.69, 9.17) is 9.47 Å². The first-order valence-corrected chi connectivity index (χ1v) is 13.6. The Labute approximate surface area is 230 Å². The first-order chi connectivity index (χ1) is 18.4. The van der Waals surface area contributed by atoms with Crippen LogP contribution in [0.4, 0.5) is 0 Å². The van der Waals surface area contributed by atoms with Crippen LogP contribution in [0.25, 0.3) is 0 Å². The maximum absolute atomic E-state index is 13.6. The molecule has 0 fully saturated rings. The molecule has 2 heterocycles. The maximum Gasteiger partial charge on any atom is 0.323 e. The van der Waals surface area contributed by atoms with Crippen molar-refractivity contribution >= 4 is 11.9 Å². The van der Waals surface area contributed by atoms with Crippen molar-refractivity contribution < 1.29 is 24.2 Å². The van der Waals surface area contributed by atoms with E-state index in [9.17, 15) is 14.7 Å². The average molecular weight is 528 g/mol. The fraction of sp³-hybridized carbons (Fsp3) is 0.394. The molecule has 0 bridgehead atoms. The van der Waals surface area contributed by atoms with Gasteiger partial charge in [0.15, 0.2) is 0 Å². The van der Waals surface area contributed by atoms with Gasteiger partial charge in [0.2, 0.25) is 0 Å². The highest BCUT2D eigenvalue weighted by Crippen LogP contribution is 2.38. The first kappa shape index (κ1) is 26.8. The molecule has 0 saturated carbocycles. The summed E-state index contributed by atoms with van der Waals surface area (Å²) in [7, 11) is 0. The normalized spacial score (nSPS) is 18.7. The Morgan fingerprint density at radius 2 is 1.51 bits per heavy atom. The number of carbonyl (C=O) groups excluding carboxylic acids is 1. The quantitative estimate of drug-likeness (QED) is 0.378. The Balaban J connectivity index is 1.31. The van der Waals surface area contributed by atoms with Gasteiger partial charge in [-0.3, -0.25) is 9.59 Å². The number of carboxylic acid groups (broad SMARTS) is 1. The standard InChI is InChI=1S/C33H37NO5/c1-21(2)24-9-6-22(7-10-24)16-33(5)18-27-15-25(11-13-29(27)39-33)31(37)34(20-30(35)36)19-23-8-12-28-26(14-23)17-32(3,4)38-28/h6-15,21H,16-20H2,1-5H3,(H,35,36). The van der Waals surface area contributed by atoms with Gasteiger partial charge in [0, 0.05) is 31.4 Å². The van der Waals surface area contributed by atoms with Gasteiger partial charge in [-0.15, -0.1) is 0 Å².